The average Bonchev–Trinajstić information content (AvgIpc) is 3.35. The molecule has 1 saturated heterocycles. The van der Waals surface area contributed by atoms with E-state index >= 15 is 0 Å². The molecule has 154 valence electrons. The van der Waals surface area contributed by atoms with Crippen molar-refractivity contribution >= 4 is 23.2 Å². The van der Waals surface area contributed by atoms with Crippen LogP contribution in [0, 0.1) is 0 Å². The highest BCUT2D eigenvalue weighted by molar-refractivity contribution is 7.09. The third-order valence-electron chi connectivity index (χ3n) is 5.50. The Morgan fingerprint density at radius 3 is 2.53 bits per heavy atom. The Bertz CT molecular complexity index is 961. The molecule has 1 fully saturated rings. The van der Waals surface area contributed by atoms with Gasteiger partial charge in [-0.1, -0.05) is 48.5 Å². The summed E-state index contributed by atoms with van der Waals surface area (Å²) in [6, 6.07) is 18.5. The average molecular weight is 420 g/mol. The first kappa shape index (κ1) is 20.3. The van der Waals surface area contributed by atoms with Gasteiger partial charge in [-0.05, 0) is 30.5 Å². The van der Waals surface area contributed by atoms with Gasteiger partial charge in [0.15, 0.2) is 0 Å². The maximum atomic E-state index is 13.2. The van der Waals surface area contributed by atoms with E-state index in [2.05, 4.69) is 10.3 Å². The molecule has 0 saturated carbocycles. The van der Waals surface area contributed by atoms with E-state index in [9.17, 15) is 9.59 Å². The van der Waals surface area contributed by atoms with Gasteiger partial charge in [-0.15, -0.1) is 11.3 Å². The minimum Gasteiger partial charge on any atom is -0.345 e. The first-order valence-corrected chi connectivity index (χ1v) is 11.2. The number of carbonyl (C=O) groups excluding carboxylic acids is 2. The molecular weight excluding hydrogens is 394 g/mol. The smallest absolute Gasteiger partial charge is 0.251 e. The van der Waals surface area contributed by atoms with E-state index in [4.69, 9.17) is 0 Å². The molecule has 6 heteroatoms. The fourth-order valence-corrected chi connectivity index (χ4v) is 4.68. The number of carbonyl (C=O) groups is 2. The maximum absolute atomic E-state index is 13.2. The number of nitrogens with zero attached hydrogens (tertiary/aromatic N) is 2. The van der Waals surface area contributed by atoms with E-state index in [1.54, 1.807) is 23.5 Å². The van der Waals surface area contributed by atoms with Crippen LogP contribution in [-0.4, -0.2) is 34.8 Å². The van der Waals surface area contributed by atoms with Crippen LogP contribution >= 0.6 is 11.3 Å². The quantitative estimate of drug-likeness (QED) is 0.644. The van der Waals surface area contributed by atoms with Crippen molar-refractivity contribution < 1.29 is 9.59 Å². The molecule has 3 aromatic rings. The van der Waals surface area contributed by atoms with Gasteiger partial charge in [-0.2, -0.15) is 0 Å². The number of thiazole rings is 1. The highest BCUT2D eigenvalue weighted by Crippen LogP contribution is 2.29. The number of hydrogen-bond donors (Lipinski definition) is 1. The van der Waals surface area contributed by atoms with Crippen molar-refractivity contribution in [1.82, 2.24) is 15.2 Å². The van der Waals surface area contributed by atoms with Crippen LogP contribution in [-0.2, 0) is 4.79 Å². The lowest BCUT2D eigenvalue weighted by Crippen LogP contribution is -2.41. The van der Waals surface area contributed by atoms with Crippen molar-refractivity contribution in [3.05, 3.63) is 88.4 Å². The van der Waals surface area contributed by atoms with Crippen molar-refractivity contribution in [3.63, 3.8) is 0 Å². The normalized spacial score (nSPS) is 17.3. The lowest BCUT2D eigenvalue weighted by Gasteiger charge is -2.33. The number of benzene rings is 2. The summed E-state index contributed by atoms with van der Waals surface area (Å²) >= 11 is 1.65. The fraction of sp³-hybridized carbons (Fsp3) is 0.292. The second-order valence-electron chi connectivity index (χ2n) is 7.56. The number of aromatic nitrogens is 1. The molecule has 0 bridgehead atoms. The molecule has 0 spiro atoms. The molecule has 2 amide bonds. The Morgan fingerprint density at radius 2 is 1.83 bits per heavy atom. The largest absolute Gasteiger partial charge is 0.345 e. The van der Waals surface area contributed by atoms with Gasteiger partial charge in [0.05, 0.1) is 17.5 Å². The zero-order valence-electron chi connectivity index (χ0n) is 16.7. The SMILES string of the molecule is O=C(NC(CC(=O)N1CCCC(c2nccs2)C1)c1ccccc1)c1ccccc1. The summed E-state index contributed by atoms with van der Waals surface area (Å²) in [5, 5.41) is 6.15. The first-order valence-electron chi connectivity index (χ1n) is 10.3. The second-order valence-corrected chi connectivity index (χ2v) is 8.48. The zero-order chi connectivity index (χ0) is 20.8. The summed E-state index contributed by atoms with van der Waals surface area (Å²) in [5.41, 5.74) is 1.52. The number of amides is 2. The minimum absolute atomic E-state index is 0.0680. The van der Waals surface area contributed by atoms with Crippen molar-refractivity contribution in [2.24, 2.45) is 0 Å². The molecule has 1 aliphatic heterocycles. The molecule has 1 aliphatic rings. The van der Waals surface area contributed by atoms with E-state index in [-0.39, 0.29) is 24.3 Å². The Labute approximate surface area is 180 Å². The fourth-order valence-electron chi connectivity index (χ4n) is 3.91. The Morgan fingerprint density at radius 1 is 1.10 bits per heavy atom. The van der Waals surface area contributed by atoms with Gasteiger partial charge in [0, 0.05) is 36.1 Å². The summed E-state index contributed by atoms with van der Waals surface area (Å²) in [6.45, 7) is 1.45. The van der Waals surface area contributed by atoms with E-state index in [1.165, 1.54) is 0 Å². The molecular formula is C24H25N3O2S. The third kappa shape index (κ3) is 4.94. The minimum atomic E-state index is -0.369. The summed E-state index contributed by atoms with van der Waals surface area (Å²) in [7, 11) is 0. The van der Waals surface area contributed by atoms with Crippen molar-refractivity contribution in [3.8, 4) is 0 Å². The Balaban J connectivity index is 1.47. The predicted molar refractivity (Wildman–Crippen MR) is 118 cm³/mol. The lowest BCUT2D eigenvalue weighted by atomic mass is 9.97. The summed E-state index contributed by atoms with van der Waals surface area (Å²) in [5.74, 6) is 0.201. The van der Waals surface area contributed by atoms with Crippen LogP contribution in [0.5, 0.6) is 0 Å². The number of likely N-dealkylation sites (tertiary alicyclic amines) is 1. The van der Waals surface area contributed by atoms with Gasteiger partial charge in [0.1, 0.15) is 0 Å². The lowest BCUT2D eigenvalue weighted by molar-refractivity contribution is -0.132. The van der Waals surface area contributed by atoms with E-state index in [0.717, 1.165) is 30.0 Å². The van der Waals surface area contributed by atoms with Crippen molar-refractivity contribution in [1.29, 1.82) is 0 Å². The number of rotatable bonds is 6. The molecule has 2 aromatic carbocycles. The van der Waals surface area contributed by atoms with Gasteiger partial charge < -0.3 is 10.2 Å². The van der Waals surface area contributed by atoms with Crippen LogP contribution < -0.4 is 5.32 Å². The van der Waals surface area contributed by atoms with Crippen LogP contribution in [0.25, 0.3) is 0 Å². The molecule has 2 atom stereocenters. The molecule has 4 rings (SSSR count). The van der Waals surface area contributed by atoms with Gasteiger partial charge in [-0.3, -0.25) is 9.59 Å². The molecule has 2 heterocycles. The zero-order valence-corrected chi connectivity index (χ0v) is 17.6. The van der Waals surface area contributed by atoms with E-state index in [0.29, 0.717) is 18.0 Å². The molecule has 1 N–H and O–H groups in total. The van der Waals surface area contributed by atoms with Crippen LogP contribution in [0.4, 0.5) is 0 Å². The van der Waals surface area contributed by atoms with Gasteiger partial charge in [0.25, 0.3) is 5.91 Å². The summed E-state index contributed by atoms with van der Waals surface area (Å²) < 4.78 is 0. The topological polar surface area (TPSA) is 62.3 Å². The summed E-state index contributed by atoms with van der Waals surface area (Å²) in [4.78, 5) is 32.3. The molecule has 5 nitrogen and oxygen atoms in total. The molecule has 30 heavy (non-hydrogen) atoms. The second kappa shape index (κ2) is 9.67. The van der Waals surface area contributed by atoms with E-state index < -0.39 is 0 Å². The Hall–Kier alpha value is -2.99. The molecule has 0 aliphatic carbocycles. The number of nitrogens with one attached hydrogen (secondary N) is 1. The summed E-state index contributed by atoms with van der Waals surface area (Å²) in [6.07, 6.45) is 4.10. The molecule has 0 radical (unpaired) electrons. The van der Waals surface area contributed by atoms with Gasteiger partial charge in [-0.25, -0.2) is 4.98 Å². The molecule has 2 unspecified atom stereocenters. The monoisotopic (exact) mass is 419 g/mol. The Kier molecular flexibility index (Phi) is 6.54. The third-order valence-corrected chi connectivity index (χ3v) is 6.43. The predicted octanol–water partition coefficient (Wildman–Crippen LogP) is 4.41. The van der Waals surface area contributed by atoms with Gasteiger partial charge in [0.2, 0.25) is 5.91 Å². The van der Waals surface area contributed by atoms with Crippen molar-refractivity contribution in [2.75, 3.05) is 13.1 Å². The molecule has 1 aromatic heterocycles. The van der Waals surface area contributed by atoms with E-state index in [1.807, 2.05) is 65.0 Å². The highest BCUT2D eigenvalue weighted by Gasteiger charge is 2.28. The standard InChI is InChI=1S/C24H25N3O2S/c28-22(27-14-7-12-20(17-27)24-25-13-15-30-24)16-21(18-8-3-1-4-9-18)26-23(29)19-10-5-2-6-11-19/h1-6,8-11,13,15,20-21H,7,12,14,16-17H2,(H,26,29). The van der Waals surface area contributed by atoms with Gasteiger partial charge >= 0.3 is 0 Å². The van der Waals surface area contributed by atoms with Crippen LogP contribution in [0.2, 0.25) is 0 Å². The highest BCUT2D eigenvalue weighted by atomic mass is 32.1. The maximum Gasteiger partial charge on any atom is 0.251 e. The van der Waals surface area contributed by atoms with Crippen LogP contribution in [0.3, 0.4) is 0 Å². The number of hydrogen-bond acceptors (Lipinski definition) is 4. The number of piperidine rings is 1. The van der Waals surface area contributed by atoms with Crippen LogP contribution in [0.15, 0.2) is 72.2 Å². The van der Waals surface area contributed by atoms with Crippen molar-refractivity contribution in [2.45, 2.75) is 31.2 Å². The first-order chi connectivity index (χ1) is 14.7. The van der Waals surface area contributed by atoms with Crippen LogP contribution in [0.1, 0.15) is 52.2 Å².